The van der Waals surface area contributed by atoms with Gasteiger partial charge in [-0.15, -0.1) is 0 Å². The molecule has 2 saturated carbocycles. The lowest BCUT2D eigenvalue weighted by molar-refractivity contribution is 0.156. The van der Waals surface area contributed by atoms with Gasteiger partial charge in [0.2, 0.25) is 0 Å². The van der Waals surface area contributed by atoms with E-state index in [-0.39, 0.29) is 16.2 Å². The lowest BCUT2D eigenvalue weighted by atomic mass is 9.65. The van der Waals surface area contributed by atoms with Crippen molar-refractivity contribution in [1.82, 2.24) is 0 Å². The van der Waals surface area contributed by atoms with Crippen LogP contribution in [0.15, 0.2) is 48.0 Å². The predicted molar refractivity (Wildman–Crippen MR) is 92.9 cm³/mol. The molecule has 0 heterocycles. The Morgan fingerprint density at radius 3 is 1.52 bits per heavy atom. The molecule has 4 unspecified atom stereocenters. The number of allylic oxidation sites excluding steroid dienone is 6. The van der Waals surface area contributed by atoms with Gasteiger partial charge in [0.1, 0.15) is 11.5 Å². The highest BCUT2D eigenvalue weighted by molar-refractivity contribution is 5.34. The van der Waals surface area contributed by atoms with Crippen molar-refractivity contribution >= 4 is 0 Å². The Morgan fingerprint density at radius 2 is 1.13 bits per heavy atom. The highest BCUT2D eigenvalue weighted by Crippen LogP contribution is 2.72. The molecule has 0 bridgehead atoms. The summed E-state index contributed by atoms with van der Waals surface area (Å²) in [5, 5.41) is 20.3. The molecule has 0 aromatic rings. The average Bonchev–Trinajstić information content (AvgIpc) is 2.78. The third kappa shape index (κ3) is 1.93. The fourth-order valence-corrected chi connectivity index (χ4v) is 6.56. The maximum Gasteiger partial charge on any atom is 0.111 e. The van der Waals surface area contributed by atoms with Crippen LogP contribution in [0.1, 0.15) is 40.5 Å². The zero-order chi connectivity index (χ0) is 16.6. The third-order valence-electron chi connectivity index (χ3n) is 7.12. The molecule has 2 nitrogen and oxygen atoms in total. The Labute approximate surface area is 139 Å². The van der Waals surface area contributed by atoms with Gasteiger partial charge in [-0.3, -0.25) is 0 Å². The highest BCUT2D eigenvalue weighted by atomic mass is 16.3. The zero-order valence-corrected chi connectivity index (χ0v) is 14.6. The topological polar surface area (TPSA) is 40.5 Å². The second-order valence-corrected chi connectivity index (χ2v) is 9.57. The first kappa shape index (κ1) is 15.1. The van der Waals surface area contributed by atoms with Gasteiger partial charge in [0.15, 0.2) is 0 Å². The number of fused-ring (bicyclic) bond motifs is 4. The van der Waals surface area contributed by atoms with Crippen molar-refractivity contribution in [2.24, 2.45) is 39.9 Å². The molecular formula is C21H28O2. The molecule has 1 spiro atoms. The second kappa shape index (κ2) is 4.34. The SMILES string of the molecule is CC1(C)CC2(CC(C)(C)C3C=CC(O)=CC32)C2C=C(O)C=CC21. The number of rotatable bonds is 0. The maximum absolute atomic E-state index is 10.1. The number of aliphatic hydroxyl groups excluding tert-OH is 2. The van der Waals surface area contributed by atoms with Crippen LogP contribution in [0.3, 0.4) is 0 Å². The van der Waals surface area contributed by atoms with Crippen molar-refractivity contribution in [2.45, 2.75) is 40.5 Å². The first-order valence-electron chi connectivity index (χ1n) is 8.84. The van der Waals surface area contributed by atoms with Gasteiger partial charge in [0.05, 0.1) is 0 Å². The van der Waals surface area contributed by atoms with E-state index in [0.717, 1.165) is 12.8 Å². The smallest absolute Gasteiger partial charge is 0.111 e. The summed E-state index contributed by atoms with van der Waals surface area (Å²) in [5.41, 5.74) is 0.557. The molecule has 0 aromatic carbocycles. The van der Waals surface area contributed by atoms with Crippen LogP contribution < -0.4 is 0 Å². The van der Waals surface area contributed by atoms with Crippen LogP contribution >= 0.6 is 0 Å². The Hall–Kier alpha value is -1.44. The molecule has 2 heteroatoms. The molecule has 4 aliphatic rings. The van der Waals surface area contributed by atoms with Gasteiger partial charge in [-0.2, -0.15) is 0 Å². The van der Waals surface area contributed by atoms with Crippen molar-refractivity contribution in [1.29, 1.82) is 0 Å². The van der Waals surface area contributed by atoms with Crippen molar-refractivity contribution in [3.8, 4) is 0 Å². The molecule has 2 fully saturated rings. The summed E-state index contributed by atoms with van der Waals surface area (Å²) in [7, 11) is 0. The quantitative estimate of drug-likeness (QED) is 0.635. The second-order valence-electron chi connectivity index (χ2n) is 9.57. The van der Waals surface area contributed by atoms with Gasteiger partial charge in [-0.05, 0) is 77.1 Å². The molecule has 2 N–H and O–H groups in total. The van der Waals surface area contributed by atoms with E-state index in [4.69, 9.17) is 0 Å². The minimum Gasteiger partial charge on any atom is -0.508 e. The first-order valence-corrected chi connectivity index (χ1v) is 8.84. The van der Waals surface area contributed by atoms with Crippen LogP contribution in [0.25, 0.3) is 0 Å². The fourth-order valence-electron chi connectivity index (χ4n) is 6.56. The van der Waals surface area contributed by atoms with Crippen molar-refractivity contribution < 1.29 is 10.2 Å². The van der Waals surface area contributed by atoms with Crippen molar-refractivity contribution in [3.05, 3.63) is 48.0 Å². The van der Waals surface area contributed by atoms with E-state index in [0.29, 0.717) is 35.2 Å². The summed E-state index contributed by atoms with van der Waals surface area (Å²) in [5.74, 6) is 2.46. The molecule has 0 saturated heterocycles. The van der Waals surface area contributed by atoms with Crippen molar-refractivity contribution in [3.63, 3.8) is 0 Å². The third-order valence-corrected chi connectivity index (χ3v) is 7.12. The standard InChI is InChI=1S/C21H28O2/c1-19(2)11-21(17-9-13(22)5-7-15(17)19)12-20(3,4)16-8-6-14(23)10-18(16)21/h5-10,15-18,22-23H,11-12H2,1-4H3. The normalized spacial score (nSPS) is 45.6. The van der Waals surface area contributed by atoms with Crippen LogP contribution in [-0.2, 0) is 0 Å². The van der Waals surface area contributed by atoms with Gasteiger partial charge in [0, 0.05) is 0 Å². The largest absolute Gasteiger partial charge is 0.508 e. The summed E-state index contributed by atoms with van der Waals surface area (Å²) in [6.07, 6.45) is 14.7. The van der Waals surface area contributed by atoms with Gasteiger partial charge in [-0.25, -0.2) is 0 Å². The summed E-state index contributed by atoms with van der Waals surface area (Å²) < 4.78 is 0. The van der Waals surface area contributed by atoms with Crippen LogP contribution in [0.4, 0.5) is 0 Å². The molecule has 124 valence electrons. The fraction of sp³-hybridized carbons (Fsp3) is 0.619. The van der Waals surface area contributed by atoms with E-state index < -0.39 is 0 Å². The predicted octanol–water partition coefficient (Wildman–Crippen LogP) is 5.32. The van der Waals surface area contributed by atoms with E-state index in [1.165, 1.54) is 0 Å². The van der Waals surface area contributed by atoms with Crippen LogP contribution in [0, 0.1) is 39.9 Å². The van der Waals surface area contributed by atoms with Gasteiger partial charge >= 0.3 is 0 Å². The molecule has 23 heavy (non-hydrogen) atoms. The van der Waals surface area contributed by atoms with Gasteiger partial charge < -0.3 is 10.2 Å². The minimum absolute atomic E-state index is 0.125. The Kier molecular flexibility index (Phi) is 2.85. The highest BCUT2D eigenvalue weighted by Gasteiger charge is 2.66. The lowest BCUT2D eigenvalue weighted by Gasteiger charge is -2.39. The maximum atomic E-state index is 10.1. The molecule has 4 atom stereocenters. The Bertz CT molecular complexity index is 601. The van der Waals surface area contributed by atoms with E-state index in [1.54, 1.807) is 0 Å². The van der Waals surface area contributed by atoms with Crippen LogP contribution in [0.5, 0.6) is 0 Å². The van der Waals surface area contributed by atoms with E-state index in [2.05, 4.69) is 52.0 Å². The Morgan fingerprint density at radius 1 is 0.739 bits per heavy atom. The van der Waals surface area contributed by atoms with Crippen LogP contribution in [-0.4, -0.2) is 10.2 Å². The molecular weight excluding hydrogens is 284 g/mol. The van der Waals surface area contributed by atoms with Gasteiger partial charge in [-0.1, -0.05) is 39.8 Å². The summed E-state index contributed by atoms with van der Waals surface area (Å²) in [6, 6.07) is 0. The monoisotopic (exact) mass is 312 g/mol. The van der Waals surface area contributed by atoms with E-state index >= 15 is 0 Å². The molecule has 4 rings (SSSR count). The molecule has 4 aliphatic carbocycles. The minimum atomic E-state index is 0.125. The van der Waals surface area contributed by atoms with Crippen LogP contribution in [0.2, 0.25) is 0 Å². The summed E-state index contributed by atoms with van der Waals surface area (Å²) in [4.78, 5) is 0. The number of hydrogen-bond donors (Lipinski definition) is 2. The summed E-state index contributed by atoms with van der Waals surface area (Å²) >= 11 is 0. The lowest BCUT2D eigenvalue weighted by Crippen LogP contribution is -2.33. The first-order chi connectivity index (χ1) is 10.7. The molecule has 0 radical (unpaired) electrons. The van der Waals surface area contributed by atoms with Crippen molar-refractivity contribution in [2.75, 3.05) is 0 Å². The molecule has 0 amide bonds. The van der Waals surface area contributed by atoms with Gasteiger partial charge in [0.25, 0.3) is 0 Å². The van der Waals surface area contributed by atoms with E-state index in [9.17, 15) is 10.2 Å². The molecule has 0 aliphatic heterocycles. The zero-order valence-electron chi connectivity index (χ0n) is 14.6. The average molecular weight is 312 g/mol. The Balaban J connectivity index is 1.87. The van der Waals surface area contributed by atoms with E-state index in [1.807, 2.05) is 12.2 Å². The molecule has 0 aromatic heterocycles. The number of aliphatic hydroxyl groups is 2. The number of hydrogen-bond acceptors (Lipinski definition) is 2. The summed E-state index contributed by atoms with van der Waals surface area (Å²) in [6.45, 7) is 9.45.